The molecule has 0 spiro atoms. The van der Waals surface area contributed by atoms with Crippen LogP contribution in [0.4, 0.5) is 28.4 Å². The molecule has 0 radical (unpaired) electrons. The van der Waals surface area contributed by atoms with E-state index in [1.165, 1.54) is 113 Å². The molecule has 0 unspecified atom stereocenters. The van der Waals surface area contributed by atoms with Crippen LogP contribution in [0.5, 0.6) is 0 Å². The molecule has 284 valence electrons. The maximum Gasteiger partial charge on any atom is 0.333 e. The molecule has 0 N–H and O–H groups in total. The lowest BCUT2D eigenvalue weighted by Gasteiger charge is -2.52. The first-order valence-corrected chi connectivity index (χ1v) is 21.4. The van der Waals surface area contributed by atoms with Crippen LogP contribution in [0, 0.1) is 0 Å². The third-order valence-electron chi connectivity index (χ3n) is 15.2. The van der Waals surface area contributed by atoms with Gasteiger partial charge in [-0.3, -0.25) is 0 Å². The summed E-state index contributed by atoms with van der Waals surface area (Å²) in [6.45, 7) is 26.7. The van der Waals surface area contributed by atoms with Crippen LogP contribution in [0.3, 0.4) is 0 Å². The summed E-state index contributed by atoms with van der Waals surface area (Å²) in [6.07, 6.45) is 2.37. The zero-order valence-corrected chi connectivity index (χ0v) is 35.8. The maximum atomic E-state index is 2.76. The van der Waals surface area contributed by atoms with Gasteiger partial charge in [0.25, 0.3) is 0 Å². The van der Waals surface area contributed by atoms with E-state index in [9.17, 15) is 0 Å². The van der Waals surface area contributed by atoms with Gasteiger partial charge in [-0.1, -0.05) is 149 Å². The van der Waals surface area contributed by atoms with Crippen molar-refractivity contribution >= 4 is 46.2 Å². The van der Waals surface area contributed by atoms with Gasteiger partial charge in [-0.2, -0.15) is 0 Å². The van der Waals surface area contributed by atoms with E-state index in [-0.39, 0.29) is 33.9 Å². The van der Waals surface area contributed by atoms with E-state index >= 15 is 0 Å². The Hall–Kier alpha value is -5.02. The Morgan fingerprint density at radius 1 is 0.526 bits per heavy atom. The molecule has 0 amide bonds. The van der Waals surface area contributed by atoms with Gasteiger partial charge < -0.3 is 9.71 Å². The smallest absolute Gasteiger partial charge is 0.333 e. The average molecular weight is 743 g/mol. The minimum absolute atomic E-state index is 0.0159. The van der Waals surface area contributed by atoms with Crippen molar-refractivity contribution in [2.75, 3.05) is 9.71 Å². The van der Waals surface area contributed by atoms with Gasteiger partial charge in [0.1, 0.15) is 0 Å². The molecular weight excluding hydrogens is 687 g/mol. The first kappa shape index (κ1) is 35.2. The Kier molecular flexibility index (Phi) is 6.74. The molecule has 2 aliphatic carbocycles. The molecule has 0 atom stereocenters. The van der Waals surface area contributed by atoms with E-state index in [1.54, 1.807) is 0 Å². The molecule has 2 nitrogen and oxygen atoms in total. The molecule has 3 aliphatic heterocycles. The number of hydrogen-bond donors (Lipinski definition) is 0. The average Bonchev–Trinajstić information content (AvgIpc) is 3.41. The Bertz CT molecular complexity index is 2740. The molecule has 0 bridgehead atoms. The van der Waals surface area contributed by atoms with E-state index in [0.717, 1.165) is 0 Å². The van der Waals surface area contributed by atoms with E-state index in [2.05, 4.69) is 195 Å². The van der Waals surface area contributed by atoms with Crippen LogP contribution in [0.2, 0.25) is 0 Å². The highest BCUT2D eigenvalue weighted by molar-refractivity contribution is 6.93. The van der Waals surface area contributed by atoms with Crippen LogP contribution >= 0.6 is 0 Å². The van der Waals surface area contributed by atoms with Crippen molar-refractivity contribution in [2.45, 2.75) is 116 Å². The second kappa shape index (κ2) is 10.9. The van der Waals surface area contributed by atoms with Crippen LogP contribution in [0.1, 0.15) is 128 Å². The summed E-state index contributed by atoms with van der Waals surface area (Å²) in [7, 11) is 0. The Balaban J connectivity index is 1.34. The van der Waals surface area contributed by atoms with E-state index in [4.69, 9.17) is 0 Å². The summed E-state index contributed by atoms with van der Waals surface area (Å²) in [5, 5.41) is 0. The van der Waals surface area contributed by atoms with Gasteiger partial charge in [0.05, 0.1) is 5.69 Å². The third kappa shape index (κ3) is 4.44. The number of anilines is 5. The van der Waals surface area contributed by atoms with Crippen LogP contribution in [0.15, 0.2) is 109 Å². The summed E-state index contributed by atoms with van der Waals surface area (Å²) in [5.41, 5.74) is 24.9. The number of para-hydroxylation sites is 2. The fourth-order valence-electron chi connectivity index (χ4n) is 11.9. The molecule has 57 heavy (non-hydrogen) atoms. The Morgan fingerprint density at radius 3 is 1.86 bits per heavy atom. The van der Waals surface area contributed by atoms with Gasteiger partial charge >= 0.3 is 6.85 Å². The van der Waals surface area contributed by atoms with Gasteiger partial charge in [0, 0.05) is 39.1 Å². The number of hydrogen-bond acceptors (Lipinski definition) is 2. The standard InChI is InChI=1S/C54H55BN2/c1-50(2,3)32-23-25-33(26-24-32)57-44-31-41-40(51(4,5)27-28-52(41,6)7)29-36(44)46-47-35(34-17-12-13-18-37(34)54(47,10)11)30-45-48(46)55(57)42-21-16-20-39-49(42)56(45)43-22-15-14-19-38(43)53(39,8)9/h12-26,29-31H,27-28H2,1-11H3. The monoisotopic (exact) mass is 742 g/mol. The van der Waals surface area contributed by atoms with Crippen molar-refractivity contribution in [3.8, 4) is 22.3 Å². The molecule has 5 aliphatic rings. The highest BCUT2D eigenvalue weighted by Crippen LogP contribution is 2.61. The minimum Gasteiger partial charge on any atom is -0.376 e. The van der Waals surface area contributed by atoms with Crippen LogP contribution in [-0.2, 0) is 27.1 Å². The third-order valence-corrected chi connectivity index (χ3v) is 15.2. The largest absolute Gasteiger partial charge is 0.376 e. The second-order valence-corrected chi connectivity index (χ2v) is 21.3. The summed E-state index contributed by atoms with van der Waals surface area (Å²) in [6, 6.07) is 43.2. The second-order valence-electron chi connectivity index (χ2n) is 21.3. The van der Waals surface area contributed by atoms with Crippen molar-refractivity contribution in [3.63, 3.8) is 0 Å². The zero-order chi connectivity index (χ0) is 39.8. The minimum atomic E-state index is -0.177. The summed E-state index contributed by atoms with van der Waals surface area (Å²) in [4.78, 5) is 5.43. The van der Waals surface area contributed by atoms with E-state index < -0.39 is 0 Å². The van der Waals surface area contributed by atoms with Crippen LogP contribution in [0.25, 0.3) is 22.3 Å². The Labute approximate surface area is 341 Å². The molecule has 0 saturated heterocycles. The van der Waals surface area contributed by atoms with Gasteiger partial charge in [-0.15, -0.1) is 0 Å². The fourth-order valence-corrected chi connectivity index (χ4v) is 11.9. The highest BCUT2D eigenvalue weighted by Gasteiger charge is 2.53. The number of fused-ring (bicyclic) bond motifs is 11. The predicted octanol–water partition coefficient (Wildman–Crippen LogP) is 13.0. The summed E-state index contributed by atoms with van der Waals surface area (Å²) in [5.74, 6) is 0. The van der Waals surface area contributed by atoms with Gasteiger partial charge in [0.2, 0.25) is 0 Å². The lowest BCUT2D eigenvalue weighted by Crippen LogP contribution is -2.63. The molecule has 0 aromatic heterocycles. The van der Waals surface area contributed by atoms with Crippen molar-refractivity contribution in [1.29, 1.82) is 0 Å². The molecule has 11 rings (SSSR count). The molecular formula is C54H55BN2. The molecule has 0 fully saturated rings. The van der Waals surface area contributed by atoms with E-state index in [1.807, 2.05) is 0 Å². The number of benzene rings is 6. The quantitative estimate of drug-likeness (QED) is 0.155. The fraction of sp³-hybridized carbons (Fsp3) is 0.333. The normalized spacial score (nSPS) is 19.1. The SMILES string of the molecule is CC(C)(C)c1ccc(N2B3c4cccc5c4N(c4ccccc4C5(C)C)c4cc5c(c(c43)-c3cc4c(cc32)C(C)(C)CCC4(C)C)C(C)(C)c2ccccc2-5)cc1. The van der Waals surface area contributed by atoms with Crippen LogP contribution in [-0.4, -0.2) is 6.85 Å². The first-order chi connectivity index (χ1) is 26.9. The molecule has 6 aromatic rings. The number of nitrogens with zero attached hydrogens (tertiary/aromatic N) is 2. The lowest BCUT2D eigenvalue weighted by molar-refractivity contribution is 0.332. The van der Waals surface area contributed by atoms with Crippen molar-refractivity contribution in [2.24, 2.45) is 0 Å². The first-order valence-electron chi connectivity index (χ1n) is 21.4. The van der Waals surface area contributed by atoms with Gasteiger partial charge in [-0.05, 0) is 132 Å². The lowest BCUT2D eigenvalue weighted by atomic mass is 9.41. The topological polar surface area (TPSA) is 6.48 Å². The molecule has 3 heteroatoms. The molecule has 0 saturated carbocycles. The maximum absolute atomic E-state index is 2.76. The van der Waals surface area contributed by atoms with E-state index in [0.29, 0.717) is 0 Å². The van der Waals surface area contributed by atoms with Gasteiger partial charge in [-0.25, -0.2) is 0 Å². The Morgan fingerprint density at radius 2 is 1.16 bits per heavy atom. The zero-order valence-electron chi connectivity index (χ0n) is 35.8. The molecule has 3 heterocycles. The molecule has 6 aromatic carbocycles. The van der Waals surface area contributed by atoms with Crippen molar-refractivity contribution in [1.82, 2.24) is 0 Å². The highest BCUT2D eigenvalue weighted by atomic mass is 15.2. The van der Waals surface area contributed by atoms with Gasteiger partial charge in [0.15, 0.2) is 0 Å². The van der Waals surface area contributed by atoms with Crippen molar-refractivity contribution in [3.05, 3.63) is 148 Å². The van der Waals surface area contributed by atoms with Crippen LogP contribution < -0.4 is 20.6 Å². The summed E-state index contributed by atoms with van der Waals surface area (Å²) < 4.78 is 0. The summed E-state index contributed by atoms with van der Waals surface area (Å²) >= 11 is 0. The number of rotatable bonds is 1. The predicted molar refractivity (Wildman–Crippen MR) is 244 cm³/mol. The van der Waals surface area contributed by atoms with Crippen molar-refractivity contribution < 1.29 is 0 Å².